The molecule has 0 aromatic carbocycles. The monoisotopic (exact) mass is 288 g/mol. The van der Waals surface area contributed by atoms with E-state index in [-0.39, 0.29) is 24.2 Å². The minimum Gasteiger partial charge on any atom is -0.353 e. The van der Waals surface area contributed by atoms with Gasteiger partial charge < -0.3 is 10.6 Å². The molecule has 0 aliphatic carbocycles. The van der Waals surface area contributed by atoms with Gasteiger partial charge in [0.25, 0.3) is 0 Å². The minimum absolute atomic E-state index is 0. The maximum Gasteiger partial charge on any atom is 0.228 e. The van der Waals surface area contributed by atoms with Crippen molar-refractivity contribution in [1.29, 1.82) is 0 Å². The zero-order valence-electron chi connectivity index (χ0n) is 10.8. The van der Waals surface area contributed by atoms with Gasteiger partial charge in [-0.1, -0.05) is 6.07 Å². The van der Waals surface area contributed by atoms with Crippen LogP contribution in [-0.2, 0) is 4.79 Å². The normalized spacial score (nSPS) is 25.0. The van der Waals surface area contributed by atoms with Crippen molar-refractivity contribution >= 4 is 29.7 Å². The van der Waals surface area contributed by atoms with Crippen molar-refractivity contribution in [3.63, 3.8) is 0 Å². The smallest absolute Gasteiger partial charge is 0.228 e. The Hall–Kier alpha value is -0.580. The van der Waals surface area contributed by atoms with Gasteiger partial charge in [-0.05, 0) is 44.7 Å². The van der Waals surface area contributed by atoms with Crippen LogP contribution in [0, 0.1) is 0 Å². The van der Waals surface area contributed by atoms with Crippen LogP contribution < -0.4 is 10.6 Å². The van der Waals surface area contributed by atoms with E-state index in [1.807, 2.05) is 24.4 Å². The summed E-state index contributed by atoms with van der Waals surface area (Å²) in [5.41, 5.74) is 0. The molecule has 0 spiro atoms. The zero-order chi connectivity index (χ0) is 12.3. The predicted molar refractivity (Wildman–Crippen MR) is 78.6 cm³/mol. The molecule has 2 N–H and O–H groups in total. The van der Waals surface area contributed by atoms with Crippen molar-refractivity contribution in [3.8, 4) is 0 Å². The maximum atomic E-state index is 12.1. The number of piperidine rings is 1. The molecule has 1 aromatic heterocycles. The molecule has 102 valence electrons. The third kappa shape index (κ3) is 3.97. The fourth-order valence-electron chi connectivity index (χ4n) is 2.26. The van der Waals surface area contributed by atoms with E-state index in [4.69, 9.17) is 0 Å². The van der Waals surface area contributed by atoms with Gasteiger partial charge in [0, 0.05) is 17.0 Å². The van der Waals surface area contributed by atoms with E-state index in [0.717, 1.165) is 24.3 Å². The molecule has 1 aliphatic heterocycles. The van der Waals surface area contributed by atoms with E-state index in [2.05, 4.69) is 17.6 Å². The summed E-state index contributed by atoms with van der Waals surface area (Å²) in [6, 6.07) is 4.86. The molecular formula is C13H21ClN2OS. The highest BCUT2D eigenvalue weighted by Gasteiger charge is 2.23. The fourth-order valence-corrected chi connectivity index (χ4v) is 3.04. The summed E-state index contributed by atoms with van der Waals surface area (Å²) in [5.74, 6) is 0.131. The summed E-state index contributed by atoms with van der Waals surface area (Å²) < 4.78 is 0. The summed E-state index contributed by atoms with van der Waals surface area (Å²) in [6.07, 6.45) is 2.07. The number of rotatable bonds is 3. The van der Waals surface area contributed by atoms with E-state index >= 15 is 0 Å². The first kappa shape index (κ1) is 15.5. The second-order valence-corrected chi connectivity index (χ2v) is 5.80. The van der Waals surface area contributed by atoms with Gasteiger partial charge in [-0.3, -0.25) is 4.79 Å². The molecule has 18 heavy (non-hydrogen) atoms. The first-order chi connectivity index (χ1) is 8.16. The van der Waals surface area contributed by atoms with E-state index in [1.165, 1.54) is 0 Å². The van der Waals surface area contributed by atoms with Crippen LogP contribution in [0.2, 0.25) is 0 Å². The van der Waals surface area contributed by atoms with Crippen LogP contribution in [0.25, 0.3) is 0 Å². The van der Waals surface area contributed by atoms with Crippen molar-refractivity contribution < 1.29 is 4.79 Å². The molecule has 0 saturated carbocycles. The Labute approximate surface area is 119 Å². The lowest BCUT2D eigenvalue weighted by molar-refractivity contribution is -0.123. The number of amides is 1. The number of carbonyl (C=O) groups excluding carboxylic acids is 1. The largest absolute Gasteiger partial charge is 0.353 e. The molecule has 2 rings (SSSR count). The van der Waals surface area contributed by atoms with Crippen LogP contribution in [0.15, 0.2) is 17.5 Å². The second-order valence-electron chi connectivity index (χ2n) is 4.82. The average molecular weight is 289 g/mol. The number of nitrogens with one attached hydrogen (secondary N) is 2. The highest BCUT2D eigenvalue weighted by molar-refractivity contribution is 7.10. The summed E-state index contributed by atoms with van der Waals surface area (Å²) in [5, 5.41) is 8.58. The summed E-state index contributed by atoms with van der Waals surface area (Å²) in [7, 11) is 0. The van der Waals surface area contributed by atoms with Crippen molar-refractivity contribution in [2.75, 3.05) is 6.54 Å². The van der Waals surface area contributed by atoms with Crippen molar-refractivity contribution in [1.82, 2.24) is 10.6 Å². The Kier molecular flexibility index (Phi) is 6.12. The summed E-state index contributed by atoms with van der Waals surface area (Å²) in [6.45, 7) is 5.15. The Morgan fingerprint density at radius 3 is 3.00 bits per heavy atom. The van der Waals surface area contributed by atoms with Crippen LogP contribution in [-0.4, -0.2) is 24.5 Å². The highest BCUT2D eigenvalue weighted by Crippen LogP contribution is 2.21. The quantitative estimate of drug-likeness (QED) is 0.897. The van der Waals surface area contributed by atoms with Crippen molar-refractivity contribution in [2.45, 2.75) is 44.7 Å². The van der Waals surface area contributed by atoms with Crippen molar-refractivity contribution in [3.05, 3.63) is 22.4 Å². The van der Waals surface area contributed by atoms with Gasteiger partial charge in [-0.15, -0.1) is 23.7 Å². The van der Waals surface area contributed by atoms with Crippen molar-refractivity contribution in [2.24, 2.45) is 0 Å². The first-order valence-electron chi connectivity index (χ1n) is 6.24. The Balaban J connectivity index is 0.00000162. The molecule has 1 saturated heterocycles. The Morgan fingerprint density at radius 2 is 2.39 bits per heavy atom. The number of hydrogen-bond acceptors (Lipinski definition) is 3. The third-order valence-electron chi connectivity index (χ3n) is 3.33. The Bertz CT molecular complexity index is 369. The molecule has 1 fully saturated rings. The number of halogens is 1. The van der Waals surface area contributed by atoms with E-state index < -0.39 is 0 Å². The molecule has 1 amide bonds. The van der Waals surface area contributed by atoms with Gasteiger partial charge in [0.2, 0.25) is 5.91 Å². The maximum absolute atomic E-state index is 12.1. The van der Waals surface area contributed by atoms with Gasteiger partial charge in [0.1, 0.15) is 0 Å². The third-order valence-corrected chi connectivity index (χ3v) is 4.39. The summed E-state index contributed by atoms with van der Waals surface area (Å²) >= 11 is 1.65. The Morgan fingerprint density at radius 1 is 1.61 bits per heavy atom. The number of carbonyl (C=O) groups is 1. The molecule has 3 nitrogen and oxygen atoms in total. The lowest BCUT2D eigenvalue weighted by atomic mass is 9.99. The molecule has 1 aliphatic rings. The molecule has 1 aromatic rings. The van der Waals surface area contributed by atoms with E-state index in [0.29, 0.717) is 12.1 Å². The lowest BCUT2D eigenvalue weighted by Gasteiger charge is -2.29. The van der Waals surface area contributed by atoms with E-state index in [1.54, 1.807) is 11.3 Å². The molecule has 2 heterocycles. The minimum atomic E-state index is -0.0276. The summed E-state index contributed by atoms with van der Waals surface area (Å²) in [4.78, 5) is 13.2. The van der Waals surface area contributed by atoms with Crippen LogP contribution in [0.3, 0.4) is 0 Å². The molecule has 5 heteroatoms. The van der Waals surface area contributed by atoms with Gasteiger partial charge in [0.05, 0.1) is 5.92 Å². The topological polar surface area (TPSA) is 41.1 Å². The standard InChI is InChI=1S/C13H20N2OS.ClH/c1-9-8-11(5-6-14-9)15-13(16)10(2)12-4-3-7-17-12;/h3-4,7,9-11,14H,5-6,8H2,1-2H3,(H,15,16);1H. The van der Waals surface area contributed by atoms with Crippen LogP contribution in [0.4, 0.5) is 0 Å². The first-order valence-corrected chi connectivity index (χ1v) is 7.12. The van der Waals surface area contributed by atoms with Gasteiger partial charge in [0.15, 0.2) is 0 Å². The molecule has 0 bridgehead atoms. The molecule has 3 unspecified atom stereocenters. The zero-order valence-corrected chi connectivity index (χ0v) is 12.4. The molecule has 0 radical (unpaired) electrons. The predicted octanol–water partition coefficient (Wildman–Crippen LogP) is 2.53. The van der Waals surface area contributed by atoms with Gasteiger partial charge in [-0.2, -0.15) is 0 Å². The lowest BCUT2D eigenvalue weighted by Crippen LogP contribution is -2.47. The molecular weight excluding hydrogens is 268 g/mol. The fraction of sp³-hybridized carbons (Fsp3) is 0.615. The SMILES string of the molecule is CC1CC(NC(=O)C(C)c2cccs2)CCN1.Cl. The number of thiophene rings is 1. The van der Waals surface area contributed by atoms with Gasteiger partial charge in [-0.25, -0.2) is 0 Å². The van der Waals surface area contributed by atoms with Crippen LogP contribution in [0.5, 0.6) is 0 Å². The van der Waals surface area contributed by atoms with Gasteiger partial charge >= 0.3 is 0 Å². The number of hydrogen-bond donors (Lipinski definition) is 2. The van der Waals surface area contributed by atoms with Crippen LogP contribution in [0.1, 0.15) is 37.5 Å². The second kappa shape index (κ2) is 7.12. The van der Waals surface area contributed by atoms with Crippen LogP contribution >= 0.6 is 23.7 Å². The molecule has 3 atom stereocenters. The highest BCUT2D eigenvalue weighted by atomic mass is 35.5. The van der Waals surface area contributed by atoms with E-state index in [9.17, 15) is 4.79 Å². The average Bonchev–Trinajstić information content (AvgIpc) is 2.81.